The van der Waals surface area contributed by atoms with Crippen molar-refractivity contribution < 1.29 is 19.2 Å². The first-order valence-electron chi connectivity index (χ1n) is 8.20. The van der Waals surface area contributed by atoms with Gasteiger partial charge in [0.05, 0.1) is 22.5 Å². The molecule has 0 atom stereocenters. The number of anilines is 2. The number of hydrogen-bond acceptors (Lipinski definition) is 4. The molecule has 27 heavy (non-hydrogen) atoms. The topological polar surface area (TPSA) is 74.8 Å². The highest BCUT2D eigenvalue weighted by Gasteiger charge is 2.37. The molecule has 2 aromatic rings. The van der Waals surface area contributed by atoms with Crippen LogP contribution in [0.2, 0.25) is 0 Å². The summed E-state index contributed by atoms with van der Waals surface area (Å²) in [4.78, 5) is 51.7. The molecule has 0 saturated carbocycles. The largest absolute Gasteiger partial charge is 0.305 e. The van der Waals surface area contributed by atoms with E-state index in [-0.39, 0.29) is 13.1 Å². The molecule has 0 radical (unpaired) electrons. The molecule has 136 valence electrons. The van der Waals surface area contributed by atoms with Crippen LogP contribution in [0.1, 0.15) is 27.1 Å². The monoisotopic (exact) mass is 490 g/mol. The van der Waals surface area contributed by atoms with E-state index >= 15 is 0 Å². The van der Waals surface area contributed by atoms with Crippen LogP contribution in [-0.2, 0) is 9.59 Å². The molecule has 0 unspecified atom stereocenters. The van der Waals surface area contributed by atoms with Crippen LogP contribution < -0.4 is 9.80 Å². The molecule has 0 fully saturated rings. The van der Waals surface area contributed by atoms with Crippen LogP contribution >= 0.6 is 31.9 Å². The third-order valence-corrected chi connectivity index (χ3v) is 5.62. The molecule has 2 heterocycles. The van der Waals surface area contributed by atoms with E-state index in [1.54, 1.807) is 36.4 Å². The summed E-state index contributed by atoms with van der Waals surface area (Å²) in [5, 5.41) is 0. The standard InChI is InChI=1S/C19H12Br2N2O4/c20-10-2-4-14-12(8-10)16(24)18(26)22(14)6-1-7-23-15-5-3-11(21)9-13(15)17(25)19(23)27/h2-5,8-9H,1,6-7H2. The van der Waals surface area contributed by atoms with Gasteiger partial charge in [-0.25, -0.2) is 0 Å². The predicted molar refractivity (Wildman–Crippen MR) is 106 cm³/mol. The minimum absolute atomic E-state index is 0.281. The van der Waals surface area contributed by atoms with Crippen molar-refractivity contribution in [2.75, 3.05) is 22.9 Å². The Balaban J connectivity index is 1.50. The molecule has 0 aliphatic carbocycles. The first kappa shape index (κ1) is 18.1. The molecule has 0 aromatic heterocycles. The number of amides is 2. The van der Waals surface area contributed by atoms with Gasteiger partial charge in [-0.15, -0.1) is 0 Å². The maximum Gasteiger partial charge on any atom is 0.299 e. The minimum Gasteiger partial charge on any atom is -0.305 e. The Kier molecular flexibility index (Phi) is 4.47. The molecular formula is C19H12Br2N2O4. The molecule has 4 rings (SSSR count). The van der Waals surface area contributed by atoms with Gasteiger partial charge in [0.15, 0.2) is 0 Å². The zero-order chi connectivity index (χ0) is 19.3. The van der Waals surface area contributed by atoms with Crippen molar-refractivity contribution in [2.45, 2.75) is 6.42 Å². The molecule has 0 bridgehead atoms. The average molecular weight is 492 g/mol. The molecular weight excluding hydrogens is 480 g/mol. The predicted octanol–water partition coefficient (Wildman–Crippen LogP) is 3.36. The highest BCUT2D eigenvalue weighted by atomic mass is 79.9. The van der Waals surface area contributed by atoms with Crippen LogP contribution in [0.25, 0.3) is 0 Å². The summed E-state index contributed by atoms with van der Waals surface area (Å²) in [6.07, 6.45) is 0.434. The van der Waals surface area contributed by atoms with E-state index in [1.165, 1.54) is 9.80 Å². The summed E-state index contributed by atoms with van der Waals surface area (Å²) in [7, 11) is 0. The lowest BCUT2D eigenvalue weighted by Crippen LogP contribution is -2.35. The van der Waals surface area contributed by atoms with Crippen molar-refractivity contribution in [1.82, 2.24) is 0 Å². The van der Waals surface area contributed by atoms with Gasteiger partial charge in [-0.2, -0.15) is 0 Å². The molecule has 2 aromatic carbocycles. The summed E-state index contributed by atoms with van der Waals surface area (Å²) in [6.45, 7) is 0.562. The van der Waals surface area contributed by atoms with Gasteiger partial charge < -0.3 is 9.80 Å². The van der Waals surface area contributed by atoms with Gasteiger partial charge in [0, 0.05) is 22.0 Å². The lowest BCUT2D eigenvalue weighted by molar-refractivity contribution is -0.114. The van der Waals surface area contributed by atoms with Gasteiger partial charge in [0.1, 0.15) is 0 Å². The molecule has 2 amide bonds. The summed E-state index contributed by atoms with van der Waals surface area (Å²) in [6, 6.07) is 10.3. The van der Waals surface area contributed by atoms with E-state index in [1.807, 2.05) is 0 Å². The van der Waals surface area contributed by atoms with Crippen LogP contribution in [0, 0.1) is 0 Å². The number of Topliss-reactive ketones (excluding diaryl/α,β-unsaturated/α-hetero) is 2. The second-order valence-electron chi connectivity index (χ2n) is 6.25. The fourth-order valence-electron chi connectivity index (χ4n) is 3.38. The number of hydrogen-bond donors (Lipinski definition) is 0. The fraction of sp³-hybridized carbons (Fsp3) is 0.158. The Morgan fingerprint density at radius 1 is 0.667 bits per heavy atom. The molecule has 2 aliphatic rings. The van der Waals surface area contributed by atoms with E-state index in [0.717, 1.165) is 8.95 Å². The van der Waals surface area contributed by atoms with Crippen LogP contribution in [0.5, 0.6) is 0 Å². The highest BCUT2D eigenvalue weighted by molar-refractivity contribution is 9.10. The second kappa shape index (κ2) is 6.69. The summed E-state index contributed by atoms with van der Waals surface area (Å²) in [5.41, 5.74) is 1.89. The van der Waals surface area contributed by atoms with E-state index in [0.29, 0.717) is 28.9 Å². The smallest absolute Gasteiger partial charge is 0.299 e. The zero-order valence-electron chi connectivity index (χ0n) is 13.9. The molecule has 2 aliphatic heterocycles. The third-order valence-electron chi connectivity index (χ3n) is 4.63. The van der Waals surface area contributed by atoms with Crippen molar-refractivity contribution in [1.29, 1.82) is 0 Å². The number of rotatable bonds is 4. The zero-order valence-corrected chi connectivity index (χ0v) is 17.0. The van der Waals surface area contributed by atoms with Crippen molar-refractivity contribution in [3.63, 3.8) is 0 Å². The molecule has 0 saturated heterocycles. The maximum atomic E-state index is 12.3. The van der Waals surface area contributed by atoms with Crippen LogP contribution in [-0.4, -0.2) is 36.5 Å². The summed E-state index contributed by atoms with van der Waals surface area (Å²) < 4.78 is 1.46. The highest BCUT2D eigenvalue weighted by Crippen LogP contribution is 2.33. The Bertz CT molecular complexity index is 953. The van der Waals surface area contributed by atoms with Gasteiger partial charge in [-0.1, -0.05) is 31.9 Å². The van der Waals surface area contributed by atoms with Crippen LogP contribution in [0.3, 0.4) is 0 Å². The van der Waals surface area contributed by atoms with Crippen LogP contribution in [0.15, 0.2) is 45.3 Å². The number of benzene rings is 2. The Morgan fingerprint density at radius 3 is 1.48 bits per heavy atom. The summed E-state index contributed by atoms with van der Waals surface area (Å²) in [5.74, 6) is -2.21. The summed E-state index contributed by atoms with van der Waals surface area (Å²) >= 11 is 6.60. The van der Waals surface area contributed by atoms with Gasteiger partial charge in [0.2, 0.25) is 0 Å². The minimum atomic E-state index is -0.573. The van der Waals surface area contributed by atoms with Crippen molar-refractivity contribution in [2.24, 2.45) is 0 Å². The van der Waals surface area contributed by atoms with Crippen molar-refractivity contribution in [3.8, 4) is 0 Å². The Hall–Kier alpha value is -2.32. The SMILES string of the molecule is O=C1C(=O)N(CCCN2C(=O)C(=O)c3cc(Br)ccc32)c2ccc(Br)cc21. The van der Waals surface area contributed by atoms with E-state index in [4.69, 9.17) is 0 Å². The molecule has 6 nitrogen and oxygen atoms in total. The second-order valence-corrected chi connectivity index (χ2v) is 8.08. The third kappa shape index (κ3) is 2.93. The maximum absolute atomic E-state index is 12.3. The van der Waals surface area contributed by atoms with Gasteiger partial charge >= 0.3 is 0 Å². The Labute approximate surface area is 171 Å². The van der Waals surface area contributed by atoms with Crippen LogP contribution in [0.4, 0.5) is 11.4 Å². The lowest BCUT2D eigenvalue weighted by Gasteiger charge is -2.20. The van der Waals surface area contributed by atoms with Gasteiger partial charge in [-0.3, -0.25) is 19.2 Å². The number of ketones is 2. The van der Waals surface area contributed by atoms with E-state index < -0.39 is 23.4 Å². The number of carbonyl (C=O) groups is 4. The Morgan fingerprint density at radius 2 is 1.07 bits per heavy atom. The number of fused-ring (bicyclic) bond motifs is 2. The van der Waals surface area contributed by atoms with E-state index in [2.05, 4.69) is 31.9 Å². The van der Waals surface area contributed by atoms with Gasteiger partial charge in [-0.05, 0) is 42.8 Å². The number of nitrogens with zero attached hydrogens (tertiary/aromatic N) is 2. The van der Waals surface area contributed by atoms with E-state index in [9.17, 15) is 19.2 Å². The van der Waals surface area contributed by atoms with Crippen molar-refractivity contribution >= 4 is 66.6 Å². The molecule has 8 heteroatoms. The van der Waals surface area contributed by atoms with Gasteiger partial charge in [0.25, 0.3) is 23.4 Å². The molecule has 0 spiro atoms. The first-order valence-corrected chi connectivity index (χ1v) is 9.78. The first-order chi connectivity index (χ1) is 12.9. The fourth-order valence-corrected chi connectivity index (χ4v) is 4.10. The number of halogens is 2. The molecule has 0 N–H and O–H groups in total. The average Bonchev–Trinajstić information content (AvgIpc) is 3.02. The quantitative estimate of drug-likeness (QED) is 0.614. The normalized spacial score (nSPS) is 15.6. The van der Waals surface area contributed by atoms with Crippen molar-refractivity contribution in [3.05, 3.63) is 56.5 Å². The lowest BCUT2D eigenvalue weighted by atomic mass is 10.1. The number of carbonyl (C=O) groups excluding carboxylic acids is 4.